The Morgan fingerprint density at radius 1 is 1.26 bits per heavy atom. The van der Waals surface area contributed by atoms with Crippen molar-refractivity contribution in [1.82, 2.24) is 4.57 Å². The number of halogens is 1. The van der Waals surface area contributed by atoms with E-state index in [4.69, 9.17) is 16.3 Å². The lowest BCUT2D eigenvalue weighted by Gasteiger charge is -2.06. The summed E-state index contributed by atoms with van der Waals surface area (Å²) in [5.41, 5.74) is 1.17. The number of hydrogen-bond acceptors (Lipinski definition) is 3. The average molecular weight is 280 g/mol. The number of esters is 1. The number of rotatable bonds is 4. The number of Topliss-reactive ketones (excluding diaryl/α,β-unsaturated/α-hetero) is 1. The second-order valence-electron chi connectivity index (χ2n) is 4.03. The molecule has 0 fully saturated rings. The van der Waals surface area contributed by atoms with Crippen molar-refractivity contribution < 1.29 is 14.3 Å². The van der Waals surface area contributed by atoms with Crippen molar-refractivity contribution in [1.29, 1.82) is 0 Å². The molecule has 0 radical (unpaired) electrons. The first-order valence-corrected chi connectivity index (χ1v) is 6.46. The molecule has 0 spiro atoms. The fraction of sp³-hybridized carbons (Fsp3) is 0.286. The number of aryl methyl sites for hydroxylation is 1. The molecular weight excluding hydrogens is 266 g/mol. The summed E-state index contributed by atoms with van der Waals surface area (Å²) in [4.78, 5) is 23.6. The lowest BCUT2D eigenvalue weighted by atomic mass is 10.2. The van der Waals surface area contributed by atoms with Gasteiger partial charge in [-0.15, -0.1) is 0 Å². The molecule has 19 heavy (non-hydrogen) atoms. The Morgan fingerprint density at radius 2 is 2.00 bits per heavy atom. The molecule has 2 aromatic rings. The van der Waals surface area contributed by atoms with Gasteiger partial charge in [0.15, 0.2) is 0 Å². The summed E-state index contributed by atoms with van der Waals surface area (Å²) >= 11 is 5.96. The van der Waals surface area contributed by atoms with Gasteiger partial charge in [0.25, 0.3) is 5.78 Å². The highest BCUT2D eigenvalue weighted by atomic mass is 35.5. The number of carbonyl (C=O) groups excluding carboxylic acids is 2. The molecule has 0 aliphatic carbocycles. The van der Waals surface area contributed by atoms with Crippen LogP contribution in [0, 0.1) is 0 Å². The van der Waals surface area contributed by atoms with Gasteiger partial charge in [-0.3, -0.25) is 4.79 Å². The van der Waals surface area contributed by atoms with E-state index >= 15 is 0 Å². The van der Waals surface area contributed by atoms with Crippen molar-refractivity contribution in [2.24, 2.45) is 0 Å². The van der Waals surface area contributed by atoms with E-state index in [1.807, 2.05) is 13.0 Å². The molecule has 100 valence electrons. The molecule has 0 saturated carbocycles. The fourth-order valence-electron chi connectivity index (χ4n) is 2.06. The first-order chi connectivity index (χ1) is 9.08. The van der Waals surface area contributed by atoms with Gasteiger partial charge in [-0.25, -0.2) is 4.79 Å². The molecule has 0 bridgehead atoms. The van der Waals surface area contributed by atoms with Crippen LogP contribution in [0.4, 0.5) is 0 Å². The number of aromatic nitrogens is 1. The van der Waals surface area contributed by atoms with Crippen LogP contribution in [0.3, 0.4) is 0 Å². The number of ketones is 1. The third-order valence-corrected chi connectivity index (χ3v) is 3.11. The van der Waals surface area contributed by atoms with Crippen LogP contribution in [0.25, 0.3) is 10.9 Å². The van der Waals surface area contributed by atoms with Gasteiger partial charge >= 0.3 is 5.97 Å². The molecule has 0 atom stereocenters. The Bertz CT molecular complexity index is 645. The molecule has 0 N–H and O–H groups in total. The molecular formula is C14H14ClNO3. The summed E-state index contributed by atoms with van der Waals surface area (Å²) in [6.07, 6.45) is 0. The van der Waals surface area contributed by atoms with Gasteiger partial charge in [0, 0.05) is 17.0 Å². The minimum Gasteiger partial charge on any atom is -0.460 e. The van der Waals surface area contributed by atoms with Crippen molar-refractivity contribution in [3.63, 3.8) is 0 Å². The van der Waals surface area contributed by atoms with Gasteiger partial charge in [0.2, 0.25) is 0 Å². The summed E-state index contributed by atoms with van der Waals surface area (Å²) in [7, 11) is 0. The number of ether oxygens (including phenoxy) is 1. The lowest BCUT2D eigenvalue weighted by Crippen LogP contribution is -2.20. The van der Waals surface area contributed by atoms with Gasteiger partial charge < -0.3 is 9.30 Å². The summed E-state index contributed by atoms with van der Waals surface area (Å²) < 4.78 is 6.51. The zero-order valence-electron chi connectivity index (χ0n) is 10.8. The summed E-state index contributed by atoms with van der Waals surface area (Å²) in [6.45, 7) is 4.33. The van der Waals surface area contributed by atoms with E-state index in [0.29, 0.717) is 17.3 Å². The van der Waals surface area contributed by atoms with Crippen LogP contribution < -0.4 is 0 Å². The van der Waals surface area contributed by atoms with Crippen LogP contribution >= 0.6 is 11.6 Å². The Hall–Kier alpha value is -1.81. The van der Waals surface area contributed by atoms with Gasteiger partial charge in [0.1, 0.15) is 0 Å². The van der Waals surface area contributed by atoms with Crippen LogP contribution in [-0.2, 0) is 16.1 Å². The monoisotopic (exact) mass is 279 g/mol. The van der Waals surface area contributed by atoms with E-state index in [0.717, 1.165) is 10.9 Å². The van der Waals surface area contributed by atoms with Crippen molar-refractivity contribution >= 4 is 34.3 Å². The minimum absolute atomic E-state index is 0.183. The largest absolute Gasteiger partial charge is 0.460 e. The van der Waals surface area contributed by atoms with Crippen LogP contribution in [0.5, 0.6) is 0 Å². The van der Waals surface area contributed by atoms with Gasteiger partial charge in [0.05, 0.1) is 17.8 Å². The Labute approximate surface area is 115 Å². The van der Waals surface area contributed by atoms with Crippen LogP contribution in [0.1, 0.15) is 24.3 Å². The maximum atomic E-state index is 12.0. The van der Waals surface area contributed by atoms with Crippen molar-refractivity contribution in [3.8, 4) is 0 Å². The molecule has 1 heterocycles. The number of carbonyl (C=O) groups is 2. The fourth-order valence-corrected chi connectivity index (χ4v) is 2.22. The van der Waals surface area contributed by atoms with Gasteiger partial charge in [-0.2, -0.15) is 0 Å². The standard InChI is InChI=1S/C14H14ClNO3/c1-3-16-11-8-10(15)6-5-9(11)7-12(16)13(17)14(18)19-4-2/h5-8H,3-4H2,1-2H3. The predicted octanol–water partition coefficient (Wildman–Crippen LogP) is 3.06. The SMILES string of the molecule is CCOC(=O)C(=O)c1cc2ccc(Cl)cc2n1CC. The molecule has 4 nitrogen and oxygen atoms in total. The van der Waals surface area contributed by atoms with E-state index in [9.17, 15) is 9.59 Å². The maximum Gasteiger partial charge on any atom is 0.381 e. The van der Waals surface area contributed by atoms with Crippen LogP contribution in [0.15, 0.2) is 24.3 Å². The lowest BCUT2D eigenvalue weighted by molar-refractivity contribution is -0.137. The second kappa shape index (κ2) is 5.45. The number of hydrogen-bond donors (Lipinski definition) is 0. The van der Waals surface area contributed by atoms with Crippen molar-refractivity contribution in [3.05, 3.63) is 35.0 Å². The third kappa shape index (κ3) is 2.49. The Morgan fingerprint density at radius 3 is 2.63 bits per heavy atom. The smallest absolute Gasteiger partial charge is 0.381 e. The summed E-state index contributed by atoms with van der Waals surface area (Å²) in [6, 6.07) is 7.05. The number of benzene rings is 1. The average Bonchev–Trinajstić information content (AvgIpc) is 2.75. The highest BCUT2D eigenvalue weighted by Gasteiger charge is 2.22. The third-order valence-electron chi connectivity index (χ3n) is 2.88. The summed E-state index contributed by atoms with van der Waals surface area (Å²) in [5.74, 6) is -1.46. The number of fused-ring (bicyclic) bond motifs is 1. The van der Waals surface area contributed by atoms with E-state index in [2.05, 4.69) is 0 Å². The van der Waals surface area contributed by atoms with Gasteiger partial charge in [-0.1, -0.05) is 17.7 Å². The molecule has 1 aromatic carbocycles. The molecule has 5 heteroatoms. The molecule has 0 saturated heterocycles. The second-order valence-corrected chi connectivity index (χ2v) is 4.46. The Balaban J connectivity index is 2.54. The van der Waals surface area contributed by atoms with E-state index < -0.39 is 11.8 Å². The molecule has 0 amide bonds. The highest BCUT2D eigenvalue weighted by Crippen LogP contribution is 2.24. The molecule has 0 unspecified atom stereocenters. The zero-order valence-corrected chi connectivity index (χ0v) is 11.5. The highest BCUT2D eigenvalue weighted by molar-refractivity contribution is 6.40. The van der Waals surface area contributed by atoms with E-state index in [-0.39, 0.29) is 6.61 Å². The van der Waals surface area contributed by atoms with E-state index in [1.165, 1.54) is 0 Å². The van der Waals surface area contributed by atoms with Gasteiger partial charge in [-0.05, 0) is 32.0 Å². The summed E-state index contributed by atoms with van der Waals surface area (Å²) in [5, 5.41) is 1.47. The van der Waals surface area contributed by atoms with Crippen LogP contribution in [0.2, 0.25) is 5.02 Å². The molecule has 0 aliphatic rings. The quantitative estimate of drug-likeness (QED) is 0.491. The topological polar surface area (TPSA) is 48.3 Å². The first kappa shape index (κ1) is 13.6. The molecule has 1 aromatic heterocycles. The zero-order chi connectivity index (χ0) is 14.0. The number of nitrogens with zero attached hydrogens (tertiary/aromatic N) is 1. The normalized spacial score (nSPS) is 10.7. The van der Waals surface area contributed by atoms with E-state index in [1.54, 1.807) is 29.7 Å². The molecule has 0 aliphatic heterocycles. The maximum absolute atomic E-state index is 12.0. The van der Waals surface area contributed by atoms with Crippen molar-refractivity contribution in [2.45, 2.75) is 20.4 Å². The minimum atomic E-state index is -0.828. The molecule has 2 rings (SSSR count). The van der Waals surface area contributed by atoms with Crippen molar-refractivity contribution in [2.75, 3.05) is 6.61 Å². The predicted molar refractivity (Wildman–Crippen MR) is 73.6 cm³/mol. The van der Waals surface area contributed by atoms with Crippen LogP contribution in [-0.4, -0.2) is 22.9 Å². The Kier molecular flexibility index (Phi) is 3.90. The first-order valence-electron chi connectivity index (χ1n) is 6.08.